The van der Waals surface area contributed by atoms with Crippen LogP contribution in [0, 0.1) is 5.41 Å². The van der Waals surface area contributed by atoms with Crippen molar-refractivity contribution in [2.45, 2.75) is 62.8 Å². The Morgan fingerprint density at radius 3 is 2.54 bits per heavy atom. The number of hydrogen-bond acceptors (Lipinski definition) is 6. The molecule has 0 amide bonds. The van der Waals surface area contributed by atoms with Gasteiger partial charge >= 0.3 is 0 Å². The maximum absolute atomic E-state index is 14.2. The van der Waals surface area contributed by atoms with Crippen LogP contribution in [0.3, 0.4) is 0 Å². The molecule has 0 bridgehead atoms. The Morgan fingerprint density at radius 2 is 1.78 bits per heavy atom. The Balaban J connectivity index is 0.830. The second-order valence-corrected chi connectivity index (χ2v) is 12.2. The highest BCUT2D eigenvalue weighted by Crippen LogP contribution is 2.46. The van der Waals surface area contributed by atoms with Gasteiger partial charge in [-0.1, -0.05) is 12.1 Å². The van der Waals surface area contributed by atoms with Crippen molar-refractivity contribution >= 4 is 21.8 Å². The van der Waals surface area contributed by atoms with Crippen molar-refractivity contribution in [2.24, 2.45) is 12.5 Å². The van der Waals surface area contributed by atoms with Gasteiger partial charge in [0.2, 0.25) is 5.88 Å². The van der Waals surface area contributed by atoms with Crippen LogP contribution < -0.4 is 10.1 Å². The molecule has 1 spiro atoms. The third-order valence-corrected chi connectivity index (χ3v) is 9.11. The number of nitrogens with one attached hydrogen (secondary N) is 1. The molecule has 9 heteroatoms. The summed E-state index contributed by atoms with van der Waals surface area (Å²) in [5.41, 5.74) is 4.75. The molecule has 4 aromatic rings. The minimum Gasteiger partial charge on any atom is -0.474 e. The molecular formula is C32H36F2N4O3. The summed E-state index contributed by atoms with van der Waals surface area (Å²) in [5, 5.41) is 5.58. The van der Waals surface area contributed by atoms with E-state index in [4.69, 9.17) is 14.2 Å². The first-order chi connectivity index (χ1) is 19.9. The molecule has 1 N–H and O–H groups in total. The monoisotopic (exact) mass is 562 g/mol. The van der Waals surface area contributed by atoms with Crippen molar-refractivity contribution in [3.8, 4) is 17.0 Å². The van der Waals surface area contributed by atoms with Crippen LogP contribution in [0.4, 0.5) is 8.78 Å². The second-order valence-electron chi connectivity index (χ2n) is 12.2. The quantitative estimate of drug-likeness (QED) is 0.230. The molecule has 1 aromatic carbocycles. The van der Waals surface area contributed by atoms with E-state index in [9.17, 15) is 8.78 Å². The predicted octanol–water partition coefficient (Wildman–Crippen LogP) is 5.90. The number of aryl methyl sites for hydroxylation is 1. The molecule has 3 fully saturated rings. The smallest absolute Gasteiger partial charge is 0.271 e. The summed E-state index contributed by atoms with van der Waals surface area (Å²) in [6.45, 7) is 1.84. The Labute approximate surface area is 238 Å². The topological polar surface area (TPSA) is 70.4 Å². The molecule has 7 rings (SSSR count). The van der Waals surface area contributed by atoms with E-state index >= 15 is 0 Å². The summed E-state index contributed by atoms with van der Waals surface area (Å²) < 4.78 is 47.9. The average Bonchev–Trinajstić information content (AvgIpc) is 3.19. The number of alkyl halides is 2. The Hall–Kier alpha value is -3.14. The highest BCUT2D eigenvalue weighted by atomic mass is 19.3. The van der Waals surface area contributed by atoms with Crippen LogP contribution in [-0.2, 0) is 16.5 Å². The Kier molecular flexibility index (Phi) is 6.92. The van der Waals surface area contributed by atoms with Crippen molar-refractivity contribution in [2.75, 3.05) is 26.3 Å². The molecule has 4 heterocycles. The van der Waals surface area contributed by atoms with Crippen LogP contribution in [0.25, 0.3) is 32.9 Å². The van der Waals surface area contributed by atoms with Gasteiger partial charge in [-0.25, -0.2) is 13.8 Å². The summed E-state index contributed by atoms with van der Waals surface area (Å²) >= 11 is 0. The SMILES string of the molecule is Cn1c2ccncc2c2ccc(-c3ccc(O[C@H]4C[C@H](OCCCC(F)(F)COC5CC6(CNC6)C5)C4)nc3)cc21. The molecule has 0 radical (unpaired) electrons. The van der Waals surface area contributed by atoms with E-state index in [-0.39, 0.29) is 24.7 Å². The van der Waals surface area contributed by atoms with E-state index in [2.05, 4.69) is 45.1 Å². The number of nitrogens with zero attached hydrogens (tertiary/aromatic N) is 3. The summed E-state index contributed by atoms with van der Waals surface area (Å²) in [5.74, 6) is -2.22. The summed E-state index contributed by atoms with van der Waals surface area (Å²) in [7, 11) is 2.07. The Morgan fingerprint density at radius 1 is 0.951 bits per heavy atom. The van der Waals surface area contributed by atoms with Gasteiger partial charge in [-0.15, -0.1) is 0 Å². The summed E-state index contributed by atoms with van der Waals surface area (Å²) in [6, 6.07) is 12.4. The predicted molar refractivity (Wildman–Crippen MR) is 153 cm³/mol. The van der Waals surface area contributed by atoms with Crippen LogP contribution >= 0.6 is 0 Å². The lowest BCUT2D eigenvalue weighted by Crippen LogP contribution is -2.62. The number of pyridine rings is 2. The first kappa shape index (κ1) is 26.7. The molecule has 2 saturated carbocycles. The number of hydrogen-bond donors (Lipinski definition) is 1. The molecule has 2 aliphatic carbocycles. The Bertz CT molecular complexity index is 1520. The van der Waals surface area contributed by atoms with E-state index in [0.29, 0.717) is 24.3 Å². The van der Waals surface area contributed by atoms with E-state index in [0.717, 1.165) is 66.3 Å². The number of aromatic nitrogens is 3. The van der Waals surface area contributed by atoms with Crippen LogP contribution in [0.1, 0.15) is 38.5 Å². The molecule has 3 aliphatic rings. The fraction of sp³-hybridized carbons (Fsp3) is 0.500. The van der Waals surface area contributed by atoms with Gasteiger partial charge in [0.15, 0.2) is 0 Å². The standard InChI is InChI=1S/C32H36F2N4O3/c1-38-28-7-9-35-17-27(28)26-5-3-21(11-29(26)38)22-4-6-30(37-16-22)41-24-12-23(13-24)39-10-2-8-32(33,34)20-40-25-14-31(15-25)18-36-19-31/h3-7,9,11,16-17,23-25,36H,2,8,10,12-15,18-20H2,1H3/t23-,24-. The maximum Gasteiger partial charge on any atom is 0.271 e. The lowest BCUT2D eigenvalue weighted by atomic mass is 9.63. The summed E-state index contributed by atoms with van der Waals surface area (Å²) in [6.07, 6.45) is 9.06. The molecule has 0 unspecified atom stereocenters. The van der Waals surface area contributed by atoms with Crippen molar-refractivity contribution in [3.63, 3.8) is 0 Å². The fourth-order valence-corrected chi connectivity index (χ4v) is 6.46. The number of rotatable bonds is 11. The fourth-order valence-electron chi connectivity index (χ4n) is 6.46. The van der Waals surface area contributed by atoms with Crippen LogP contribution in [0.15, 0.2) is 55.0 Å². The third kappa shape index (κ3) is 5.43. The van der Waals surface area contributed by atoms with Gasteiger partial charge in [0, 0.05) is 97.9 Å². The zero-order valence-electron chi connectivity index (χ0n) is 23.3. The molecule has 216 valence electrons. The zero-order valence-corrected chi connectivity index (χ0v) is 23.3. The number of fused-ring (bicyclic) bond motifs is 3. The molecule has 41 heavy (non-hydrogen) atoms. The van der Waals surface area contributed by atoms with Gasteiger partial charge < -0.3 is 24.1 Å². The number of ether oxygens (including phenoxy) is 3. The molecule has 0 atom stereocenters. The van der Waals surface area contributed by atoms with E-state index in [1.807, 2.05) is 36.8 Å². The van der Waals surface area contributed by atoms with E-state index in [1.54, 1.807) is 0 Å². The van der Waals surface area contributed by atoms with Gasteiger partial charge in [0.05, 0.1) is 17.7 Å². The highest BCUT2D eigenvalue weighted by Gasteiger charge is 2.49. The van der Waals surface area contributed by atoms with Gasteiger partial charge in [0.25, 0.3) is 5.92 Å². The third-order valence-electron chi connectivity index (χ3n) is 9.11. The molecule has 3 aromatic heterocycles. The molecule has 7 nitrogen and oxygen atoms in total. The second kappa shape index (κ2) is 10.6. The van der Waals surface area contributed by atoms with Crippen LogP contribution in [0.2, 0.25) is 0 Å². The minimum absolute atomic E-state index is 0.00532. The average molecular weight is 563 g/mol. The molecule has 1 saturated heterocycles. The van der Waals surface area contributed by atoms with E-state index in [1.165, 1.54) is 5.39 Å². The van der Waals surface area contributed by atoms with Crippen LogP contribution in [0.5, 0.6) is 5.88 Å². The van der Waals surface area contributed by atoms with Gasteiger partial charge in [-0.05, 0) is 43.0 Å². The first-order valence-electron chi connectivity index (χ1n) is 14.6. The first-order valence-corrected chi connectivity index (χ1v) is 14.6. The largest absolute Gasteiger partial charge is 0.474 e. The normalized spacial score (nSPS) is 22.0. The maximum atomic E-state index is 14.2. The lowest BCUT2D eigenvalue weighted by molar-refractivity contribution is -0.160. The molecule has 1 aliphatic heterocycles. The van der Waals surface area contributed by atoms with Gasteiger partial charge in [0.1, 0.15) is 12.7 Å². The minimum atomic E-state index is -2.80. The van der Waals surface area contributed by atoms with Crippen molar-refractivity contribution in [3.05, 3.63) is 55.0 Å². The molecular weight excluding hydrogens is 526 g/mol. The van der Waals surface area contributed by atoms with Crippen molar-refractivity contribution in [1.82, 2.24) is 19.9 Å². The number of halogens is 2. The summed E-state index contributed by atoms with van der Waals surface area (Å²) in [4.78, 5) is 8.81. The van der Waals surface area contributed by atoms with Gasteiger partial charge in [-0.2, -0.15) is 0 Å². The van der Waals surface area contributed by atoms with Gasteiger partial charge in [-0.3, -0.25) is 4.98 Å². The van der Waals surface area contributed by atoms with E-state index < -0.39 is 12.5 Å². The highest BCUT2D eigenvalue weighted by molar-refractivity contribution is 6.08. The zero-order chi connectivity index (χ0) is 28.0. The van der Waals surface area contributed by atoms with Crippen molar-refractivity contribution < 1.29 is 23.0 Å². The van der Waals surface area contributed by atoms with Crippen LogP contribution in [-0.4, -0.2) is 65.1 Å². The number of benzene rings is 1. The lowest BCUT2D eigenvalue weighted by Gasteiger charge is -2.54. The van der Waals surface area contributed by atoms with Crippen molar-refractivity contribution in [1.29, 1.82) is 0 Å².